The molecule has 3 aliphatic carbocycles. The molecule has 4 rings (SSSR count). The fourth-order valence-electron chi connectivity index (χ4n) is 5.43. The van der Waals surface area contributed by atoms with Gasteiger partial charge in [-0.3, -0.25) is 0 Å². The Morgan fingerprint density at radius 3 is 2.75 bits per heavy atom. The molecule has 0 saturated heterocycles. The van der Waals surface area contributed by atoms with Crippen LogP contribution in [0.15, 0.2) is 53.6 Å². The molecule has 0 aliphatic heterocycles. The lowest BCUT2D eigenvalue weighted by Crippen LogP contribution is -2.04. The predicted octanol–water partition coefficient (Wildman–Crippen LogP) is 8.62. The summed E-state index contributed by atoms with van der Waals surface area (Å²) in [7, 11) is 0. The molecule has 0 unspecified atom stereocenters. The van der Waals surface area contributed by atoms with Gasteiger partial charge in [0.1, 0.15) is 0 Å². The third-order valence-electron chi connectivity index (χ3n) is 7.27. The summed E-state index contributed by atoms with van der Waals surface area (Å²) in [5.41, 5.74) is 10.5. The van der Waals surface area contributed by atoms with E-state index < -0.39 is 0 Å². The molecular formula is C28H36. The number of hydrogen-bond donors (Lipinski definition) is 0. The van der Waals surface area contributed by atoms with Gasteiger partial charge in [0.25, 0.3) is 0 Å². The number of benzene rings is 1. The van der Waals surface area contributed by atoms with Gasteiger partial charge in [0.15, 0.2) is 0 Å². The van der Waals surface area contributed by atoms with E-state index in [-0.39, 0.29) is 0 Å². The second-order valence-electron chi connectivity index (χ2n) is 9.23. The maximum Gasteiger partial charge on any atom is -0.000117 e. The highest BCUT2D eigenvalue weighted by Gasteiger charge is 2.20. The maximum absolute atomic E-state index is 4.43. The van der Waals surface area contributed by atoms with Gasteiger partial charge in [-0.05, 0) is 84.3 Å². The lowest BCUT2D eigenvalue weighted by Gasteiger charge is -2.22. The molecule has 0 nitrogen and oxygen atoms in total. The summed E-state index contributed by atoms with van der Waals surface area (Å²) in [6.45, 7) is 9.02. The average molecular weight is 373 g/mol. The van der Waals surface area contributed by atoms with E-state index >= 15 is 0 Å². The van der Waals surface area contributed by atoms with Crippen LogP contribution in [-0.2, 0) is 0 Å². The number of rotatable bonds is 7. The summed E-state index contributed by atoms with van der Waals surface area (Å²) >= 11 is 0. The zero-order valence-electron chi connectivity index (χ0n) is 17.9. The fraction of sp³-hybridized carbons (Fsp3) is 0.500. The zero-order valence-corrected chi connectivity index (χ0v) is 17.9. The largest absolute Gasteiger partial charge is 0.0952 e. The predicted molar refractivity (Wildman–Crippen MR) is 123 cm³/mol. The Bertz CT molecular complexity index is 824. The third kappa shape index (κ3) is 4.27. The van der Waals surface area contributed by atoms with Gasteiger partial charge in [0.2, 0.25) is 0 Å². The standard InChI is InChI=1S/C28H36/c1-4-24-18-23(17-22-7-5-6-8-22)11-14-25(24)12-9-20(2)26-15-16-28-21(3)10-13-27(28)19-26/h10,13,15-16,18-19,21-22H,2,4-9,11-12,14,17H2,1,3H3/t21-/m1/s1. The Morgan fingerprint density at radius 2 is 1.96 bits per heavy atom. The minimum atomic E-state index is 0.557. The summed E-state index contributed by atoms with van der Waals surface area (Å²) in [6.07, 6.45) is 20.4. The van der Waals surface area contributed by atoms with Gasteiger partial charge in [-0.1, -0.05) is 87.6 Å². The van der Waals surface area contributed by atoms with E-state index in [0.29, 0.717) is 5.92 Å². The van der Waals surface area contributed by atoms with Crippen molar-refractivity contribution in [2.45, 2.75) is 84.0 Å². The quantitative estimate of drug-likeness (QED) is 0.449. The van der Waals surface area contributed by atoms with E-state index in [1.807, 2.05) is 0 Å². The van der Waals surface area contributed by atoms with E-state index in [1.165, 1.54) is 80.1 Å². The van der Waals surface area contributed by atoms with E-state index in [9.17, 15) is 0 Å². The monoisotopic (exact) mass is 372 g/mol. The minimum absolute atomic E-state index is 0.557. The zero-order chi connectivity index (χ0) is 19.5. The normalized spacial score (nSPS) is 21.9. The van der Waals surface area contributed by atoms with E-state index in [1.54, 1.807) is 16.7 Å². The first-order valence-electron chi connectivity index (χ1n) is 11.5. The molecule has 3 aliphatic rings. The molecule has 1 aromatic rings. The molecule has 0 aromatic heterocycles. The number of hydrogen-bond acceptors (Lipinski definition) is 0. The first-order valence-corrected chi connectivity index (χ1v) is 11.5. The van der Waals surface area contributed by atoms with Crippen LogP contribution in [0.4, 0.5) is 0 Å². The van der Waals surface area contributed by atoms with Crippen LogP contribution in [0.2, 0.25) is 0 Å². The van der Waals surface area contributed by atoms with Crippen molar-refractivity contribution in [3.63, 3.8) is 0 Å². The lowest BCUT2D eigenvalue weighted by molar-refractivity contribution is 0.530. The fourth-order valence-corrected chi connectivity index (χ4v) is 5.43. The Kier molecular flexibility index (Phi) is 6.04. The molecule has 0 spiro atoms. The van der Waals surface area contributed by atoms with E-state index in [0.717, 1.165) is 12.3 Å². The molecule has 0 N–H and O–H groups in total. The number of fused-ring (bicyclic) bond motifs is 1. The molecule has 0 amide bonds. The molecule has 1 atom stereocenters. The molecular weight excluding hydrogens is 336 g/mol. The van der Waals surface area contributed by atoms with Crippen molar-refractivity contribution in [3.8, 4) is 0 Å². The van der Waals surface area contributed by atoms with Gasteiger partial charge in [-0.2, -0.15) is 0 Å². The van der Waals surface area contributed by atoms with Crippen LogP contribution in [0.5, 0.6) is 0 Å². The van der Waals surface area contributed by atoms with Crippen LogP contribution in [-0.4, -0.2) is 0 Å². The first kappa shape index (κ1) is 19.5. The van der Waals surface area contributed by atoms with Crippen molar-refractivity contribution >= 4 is 11.6 Å². The van der Waals surface area contributed by atoms with Crippen LogP contribution < -0.4 is 0 Å². The maximum atomic E-state index is 4.43. The second kappa shape index (κ2) is 8.68. The van der Waals surface area contributed by atoms with Crippen molar-refractivity contribution in [2.75, 3.05) is 0 Å². The highest BCUT2D eigenvalue weighted by Crippen LogP contribution is 2.37. The van der Waals surface area contributed by atoms with Crippen LogP contribution in [0, 0.1) is 5.92 Å². The molecule has 1 aromatic carbocycles. The SMILES string of the molecule is C=C(CCC1=C(CC)C=C(CC2CCCC2)CC1)c1ccc2c(c1)C=C[C@H]2C. The Labute approximate surface area is 172 Å². The molecule has 1 saturated carbocycles. The summed E-state index contributed by atoms with van der Waals surface area (Å²) in [4.78, 5) is 0. The van der Waals surface area contributed by atoms with E-state index in [4.69, 9.17) is 0 Å². The van der Waals surface area contributed by atoms with Gasteiger partial charge in [-0.25, -0.2) is 0 Å². The molecule has 0 radical (unpaired) electrons. The van der Waals surface area contributed by atoms with Gasteiger partial charge in [0, 0.05) is 0 Å². The summed E-state index contributed by atoms with van der Waals surface area (Å²) in [5.74, 6) is 1.53. The van der Waals surface area contributed by atoms with Crippen LogP contribution in [0.1, 0.15) is 101 Å². The van der Waals surface area contributed by atoms with Gasteiger partial charge in [0.05, 0.1) is 0 Å². The lowest BCUT2D eigenvalue weighted by atomic mass is 9.84. The van der Waals surface area contributed by atoms with Crippen LogP contribution in [0.25, 0.3) is 11.6 Å². The Hall–Kier alpha value is -1.82. The van der Waals surface area contributed by atoms with Gasteiger partial charge in [-0.15, -0.1) is 0 Å². The van der Waals surface area contributed by atoms with Gasteiger partial charge < -0.3 is 0 Å². The highest BCUT2D eigenvalue weighted by molar-refractivity contribution is 5.71. The van der Waals surface area contributed by atoms with Crippen LogP contribution >= 0.6 is 0 Å². The summed E-state index contributed by atoms with van der Waals surface area (Å²) in [6, 6.07) is 6.92. The minimum Gasteiger partial charge on any atom is -0.0952 e. The van der Waals surface area contributed by atoms with Crippen molar-refractivity contribution in [1.29, 1.82) is 0 Å². The summed E-state index contributed by atoms with van der Waals surface area (Å²) in [5, 5.41) is 0. The molecule has 0 heterocycles. The Balaban J connectivity index is 1.39. The number of allylic oxidation sites excluding steroid dienone is 6. The van der Waals surface area contributed by atoms with Crippen molar-refractivity contribution in [2.24, 2.45) is 5.92 Å². The molecule has 28 heavy (non-hydrogen) atoms. The van der Waals surface area contributed by atoms with Crippen molar-refractivity contribution < 1.29 is 0 Å². The summed E-state index contributed by atoms with van der Waals surface area (Å²) < 4.78 is 0. The molecule has 1 fully saturated rings. The third-order valence-corrected chi connectivity index (χ3v) is 7.27. The smallest absolute Gasteiger partial charge is 0.000117 e. The molecule has 0 bridgehead atoms. The first-order chi connectivity index (χ1) is 13.6. The van der Waals surface area contributed by atoms with Crippen molar-refractivity contribution in [1.82, 2.24) is 0 Å². The van der Waals surface area contributed by atoms with Gasteiger partial charge >= 0.3 is 0 Å². The van der Waals surface area contributed by atoms with Crippen LogP contribution in [0.3, 0.4) is 0 Å². The van der Waals surface area contributed by atoms with Crippen molar-refractivity contribution in [3.05, 3.63) is 70.3 Å². The highest BCUT2D eigenvalue weighted by atomic mass is 14.3. The molecule has 0 heteroatoms. The molecule has 148 valence electrons. The Morgan fingerprint density at radius 1 is 1.14 bits per heavy atom. The van der Waals surface area contributed by atoms with E-state index in [2.05, 4.69) is 56.9 Å². The second-order valence-corrected chi connectivity index (χ2v) is 9.23. The topological polar surface area (TPSA) is 0 Å². The average Bonchev–Trinajstić information content (AvgIpc) is 3.36.